The Hall–Kier alpha value is -3.91. The lowest BCUT2D eigenvalue weighted by atomic mass is 10.1. The molecule has 0 unspecified atom stereocenters. The maximum Gasteiger partial charge on any atom is 0.231 e. The summed E-state index contributed by atoms with van der Waals surface area (Å²) in [6.07, 6.45) is 2.19. The molecule has 2 aromatic carbocycles. The molecule has 0 atom stereocenters. The molecule has 1 saturated heterocycles. The Labute approximate surface area is 203 Å². The van der Waals surface area contributed by atoms with Crippen LogP contribution in [0, 0.1) is 6.92 Å². The Morgan fingerprint density at radius 3 is 2.54 bits per heavy atom. The number of carbonyl (C=O) groups excluding carboxylic acids is 1. The highest BCUT2D eigenvalue weighted by molar-refractivity contribution is 5.79. The monoisotopic (exact) mass is 469 g/mol. The second-order valence-corrected chi connectivity index (χ2v) is 9.03. The number of aromatic nitrogens is 3. The van der Waals surface area contributed by atoms with Gasteiger partial charge in [0.25, 0.3) is 0 Å². The lowest BCUT2D eigenvalue weighted by molar-refractivity contribution is -0.132. The molecule has 0 bridgehead atoms. The smallest absolute Gasteiger partial charge is 0.231 e. The van der Waals surface area contributed by atoms with Crippen LogP contribution >= 0.6 is 0 Å². The molecular formula is C27H27N5O3. The molecule has 4 aromatic rings. The highest BCUT2D eigenvalue weighted by Gasteiger charge is 2.22. The van der Waals surface area contributed by atoms with E-state index in [1.807, 2.05) is 64.9 Å². The molecule has 0 spiro atoms. The van der Waals surface area contributed by atoms with Crippen LogP contribution in [0.4, 0.5) is 0 Å². The molecule has 0 radical (unpaired) electrons. The number of ether oxygens (including phenoxy) is 2. The summed E-state index contributed by atoms with van der Waals surface area (Å²) >= 11 is 0. The molecule has 35 heavy (non-hydrogen) atoms. The fraction of sp³-hybridized carbons (Fsp3) is 0.296. The number of rotatable bonds is 5. The lowest BCUT2D eigenvalue weighted by Crippen LogP contribution is -2.48. The van der Waals surface area contributed by atoms with Crippen molar-refractivity contribution >= 4 is 17.1 Å². The van der Waals surface area contributed by atoms with E-state index in [9.17, 15) is 4.79 Å². The van der Waals surface area contributed by atoms with Crippen molar-refractivity contribution in [3.63, 3.8) is 0 Å². The molecule has 178 valence electrons. The van der Waals surface area contributed by atoms with Crippen LogP contribution in [0.15, 0.2) is 60.8 Å². The number of aryl methyl sites for hydroxylation is 1. The van der Waals surface area contributed by atoms with Crippen LogP contribution in [-0.4, -0.2) is 63.2 Å². The number of amides is 1. The maximum atomic E-state index is 13.0. The highest BCUT2D eigenvalue weighted by atomic mass is 16.7. The first-order valence-electron chi connectivity index (χ1n) is 11.9. The molecule has 0 aliphatic carbocycles. The van der Waals surface area contributed by atoms with Gasteiger partial charge in [0.2, 0.25) is 12.7 Å². The summed E-state index contributed by atoms with van der Waals surface area (Å²) in [5.41, 5.74) is 4.92. The Bertz CT molecular complexity index is 1370. The van der Waals surface area contributed by atoms with E-state index in [4.69, 9.17) is 9.47 Å². The van der Waals surface area contributed by atoms with Crippen molar-refractivity contribution < 1.29 is 14.3 Å². The molecule has 0 saturated carbocycles. The van der Waals surface area contributed by atoms with Crippen LogP contribution in [0.3, 0.4) is 0 Å². The Kier molecular flexibility index (Phi) is 5.58. The molecule has 2 aromatic heterocycles. The minimum atomic E-state index is 0.173. The number of piperazine rings is 1. The molecule has 0 N–H and O–H groups in total. The number of pyridine rings is 1. The molecule has 4 heterocycles. The Morgan fingerprint density at radius 2 is 1.71 bits per heavy atom. The van der Waals surface area contributed by atoms with Gasteiger partial charge in [-0.15, -0.1) is 0 Å². The first kappa shape index (κ1) is 21.6. The Balaban J connectivity index is 1.05. The molecule has 6 rings (SSSR count). The van der Waals surface area contributed by atoms with E-state index in [0.717, 1.165) is 72.5 Å². The third kappa shape index (κ3) is 4.33. The zero-order valence-electron chi connectivity index (χ0n) is 19.7. The number of carbonyl (C=O) groups is 1. The number of nitrogens with zero attached hydrogens (tertiary/aromatic N) is 5. The van der Waals surface area contributed by atoms with E-state index >= 15 is 0 Å². The van der Waals surface area contributed by atoms with E-state index in [1.54, 1.807) is 6.20 Å². The van der Waals surface area contributed by atoms with Crippen molar-refractivity contribution in [1.29, 1.82) is 0 Å². The highest BCUT2D eigenvalue weighted by Crippen LogP contribution is 2.33. The Morgan fingerprint density at radius 1 is 0.943 bits per heavy atom. The van der Waals surface area contributed by atoms with Gasteiger partial charge in [-0.3, -0.25) is 14.3 Å². The van der Waals surface area contributed by atoms with Crippen LogP contribution in [0.25, 0.3) is 16.9 Å². The van der Waals surface area contributed by atoms with Gasteiger partial charge in [0, 0.05) is 44.6 Å². The molecule has 8 heteroatoms. The van der Waals surface area contributed by atoms with Gasteiger partial charge in [0.05, 0.1) is 6.42 Å². The first-order valence-corrected chi connectivity index (χ1v) is 11.9. The number of imidazole rings is 1. The minimum Gasteiger partial charge on any atom is -0.454 e. The molecule has 8 nitrogen and oxygen atoms in total. The fourth-order valence-corrected chi connectivity index (χ4v) is 4.84. The minimum absolute atomic E-state index is 0.173. The number of benzene rings is 2. The zero-order chi connectivity index (χ0) is 23.8. The average molecular weight is 470 g/mol. The maximum absolute atomic E-state index is 13.0. The standard InChI is InChI=1S/C27H27N5O3/c1-19-29-23-3-2-10-28-27(23)32(19)22-7-4-20(5-8-22)16-26(33)31-13-11-30(12-14-31)17-21-6-9-24-25(15-21)35-18-34-24/h2-10,15H,11-14,16-18H2,1H3. The van der Waals surface area contributed by atoms with Gasteiger partial charge in [0.15, 0.2) is 17.1 Å². The van der Waals surface area contributed by atoms with Crippen molar-refractivity contribution in [2.24, 2.45) is 0 Å². The van der Waals surface area contributed by atoms with E-state index in [1.165, 1.54) is 5.56 Å². The summed E-state index contributed by atoms with van der Waals surface area (Å²) in [6.45, 7) is 6.32. The van der Waals surface area contributed by atoms with Crippen LogP contribution in [-0.2, 0) is 17.8 Å². The topological polar surface area (TPSA) is 72.7 Å². The largest absolute Gasteiger partial charge is 0.454 e. The second-order valence-electron chi connectivity index (χ2n) is 9.03. The third-order valence-electron chi connectivity index (χ3n) is 6.70. The van der Waals surface area contributed by atoms with E-state index in [2.05, 4.69) is 20.9 Å². The predicted octanol–water partition coefficient (Wildman–Crippen LogP) is 3.34. The normalized spacial score (nSPS) is 15.6. The van der Waals surface area contributed by atoms with Crippen LogP contribution in [0.1, 0.15) is 17.0 Å². The number of hydrogen-bond donors (Lipinski definition) is 0. The van der Waals surface area contributed by atoms with Gasteiger partial charge in [-0.2, -0.15) is 0 Å². The van der Waals surface area contributed by atoms with Crippen molar-refractivity contribution in [2.75, 3.05) is 33.0 Å². The van der Waals surface area contributed by atoms with Crippen molar-refractivity contribution in [3.8, 4) is 17.2 Å². The van der Waals surface area contributed by atoms with Gasteiger partial charge in [0.1, 0.15) is 11.3 Å². The van der Waals surface area contributed by atoms with Crippen LogP contribution in [0.5, 0.6) is 11.5 Å². The second kappa shape index (κ2) is 9.03. The van der Waals surface area contributed by atoms with Gasteiger partial charge in [-0.25, -0.2) is 9.97 Å². The zero-order valence-corrected chi connectivity index (χ0v) is 19.7. The lowest BCUT2D eigenvalue weighted by Gasteiger charge is -2.35. The van der Waals surface area contributed by atoms with Gasteiger partial charge in [-0.1, -0.05) is 18.2 Å². The summed E-state index contributed by atoms with van der Waals surface area (Å²) in [5.74, 6) is 2.69. The molecule has 1 amide bonds. The average Bonchev–Trinajstić information content (AvgIpc) is 3.48. The molecule has 2 aliphatic heterocycles. The van der Waals surface area contributed by atoms with E-state index in [-0.39, 0.29) is 5.91 Å². The van der Waals surface area contributed by atoms with Crippen molar-refractivity contribution in [2.45, 2.75) is 19.9 Å². The van der Waals surface area contributed by atoms with Gasteiger partial charge in [-0.05, 0) is 54.4 Å². The molecule has 2 aliphatic rings. The SMILES string of the molecule is Cc1nc2cccnc2n1-c1ccc(CC(=O)N2CCN(Cc3ccc4c(c3)OCO4)CC2)cc1. The summed E-state index contributed by atoms with van der Waals surface area (Å²) in [5, 5.41) is 0. The molecule has 1 fully saturated rings. The molecular weight excluding hydrogens is 442 g/mol. The first-order chi connectivity index (χ1) is 17.1. The van der Waals surface area contributed by atoms with E-state index < -0.39 is 0 Å². The van der Waals surface area contributed by atoms with Gasteiger partial charge >= 0.3 is 0 Å². The summed E-state index contributed by atoms with van der Waals surface area (Å²) < 4.78 is 12.9. The van der Waals surface area contributed by atoms with Gasteiger partial charge < -0.3 is 14.4 Å². The third-order valence-corrected chi connectivity index (χ3v) is 6.70. The van der Waals surface area contributed by atoms with E-state index in [0.29, 0.717) is 13.2 Å². The predicted molar refractivity (Wildman–Crippen MR) is 132 cm³/mol. The summed E-state index contributed by atoms with van der Waals surface area (Å²) in [6, 6.07) is 18.1. The quantitative estimate of drug-likeness (QED) is 0.446. The van der Waals surface area contributed by atoms with Crippen molar-refractivity contribution in [3.05, 3.63) is 77.7 Å². The summed E-state index contributed by atoms with van der Waals surface area (Å²) in [4.78, 5) is 26.4. The van der Waals surface area contributed by atoms with Crippen LogP contribution in [0.2, 0.25) is 0 Å². The number of fused-ring (bicyclic) bond motifs is 2. The van der Waals surface area contributed by atoms with Crippen molar-refractivity contribution in [1.82, 2.24) is 24.3 Å². The number of hydrogen-bond acceptors (Lipinski definition) is 6. The van der Waals surface area contributed by atoms with Crippen LogP contribution < -0.4 is 9.47 Å². The fourth-order valence-electron chi connectivity index (χ4n) is 4.84. The summed E-state index contributed by atoms with van der Waals surface area (Å²) in [7, 11) is 0.